The molecule has 2 aliphatic carbocycles. The predicted molar refractivity (Wildman–Crippen MR) is 104 cm³/mol. The van der Waals surface area contributed by atoms with Crippen molar-refractivity contribution in [3.63, 3.8) is 0 Å². The van der Waals surface area contributed by atoms with E-state index in [4.69, 9.17) is 4.74 Å². The van der Waals surface area contributed by atoms with Gasteiger partial charge >= 0.3 is 176 Å². The van der Waals surface area contributed by atoms with E-state index >= 15 is 0 Å². The van der Waals surface area contributed by atoms with Crippen LogP contribution in [0.3, 0.4) is 0 Å². The van der Waals surface area contributed by atoms with Gasteiger partial charge in [0.1, 0.15) is 0 Å². The molecule has 1 N–H and O–H groups in total. The number of benzene rings is 2. The standard InChI is InChI=1S/C23H16O5.V/c1-11-7-15-16(19(8-11)28-3)9-13(10-18(15)25)20-12(2)22(26)14-5-4-6-17(24)21(14)23(20)27;/h4-8,10,24H,1-3H3;. The fraction of sp³-hybridized carbons (Fsp3) is 0.130. The zero-order chi connectivity index (χ0) is 21.0. The molecule has 2 aromatic carbocycles. The van der Waals surface area contributed by atoms with E-state index in [1.165, 1.54) is 31.4 Å². The Morgan fingerprint density at radius 1 is 0.966 bits per heavy atom. The number of aryl methyl sites for hydroxylation is 1. The van der Waals surface area contributed by atoms with E-state index in [-0.39, 0.29) is 39.6 Å². The Hall–Kier alpha value is -3.02. The molecule has 2 aliphatic rings. The number of rotatable bonds is 2. The first kappa shape index (κ1) is 19.3. The van der Waals surface area contributed by atoms with Crippen LogP contribution in [0.1, 0.15) is 49.1 Å². The third kappa shape index (κ3) is 2.77. The summed E-state index contributed by atoms with van der Waals surface area (Å²) in [5.74, 6) is -0.830. The average Bonchev–Trinajstić information content (AvgIpc) is 2.69. The number of carbonyl (C=O) groups excluding carboxylic acids is 3. The van der Waals surface area contributed by atoms with Gasteiger partial charge in [0.25, 0.3) is 0 Å². The van der Waals surface area contributed by atoms with Crippen molar-refractivity contribution in [3.8, 4) is 11.5 Å². The predicted octanol–water partition coefficient (Wildman–Crippen LogP) is 3.29. The van der Waals surface area contributed by atoms with Crippen LogP contribution >= 0.6 is 0 Å². The molecule has 0 aliphatic heterocycles. The summed E-state index contributed by atoms with van der Waals surface area (Å²) in [5, 5.41) is 10.2. The number of methoxy groups -OCH3 is 1. The van der Waals surface area contributed by atoms with Crippen molar-refractivity contribution < 1.29 is 41.2 Å². The number of carbonyl (C=O) groups is 3. The Balaban J connectivity index is 1.95. The van der Waals surface area contributed by atoms with Gasteiger partial charge in [-0.3, -0.25) is 0 Å². The van der Waals surface area contributed by atoms with E-state index in [1.807, 2.05) is 13.0 Å². The maximum atomic E-state index is 13.3. The third-order valence-electron chi connectivity index (χ3n) is 5.23. The SMILES string of the molecule is COc1cc(C)cc2c1[C](=[V])C(C1=C(C)C(=O)c3cccc(O)c3C1=O)=CC2=O. The molecule has 0 aromatic heterocycles. The summed E-state index contributed by atoms with van der Waals surface area (Å²) in [6, 6.07) is 8.01. The van der Waals surface area contributed by atoms with Crippen molar-refractivity contribution in [3.05, 3.63) is 80.9 Å². The van der Waals surface area contributed by atoms with Crippen LogP contribution in [-0.4, -0.2) is 33.8 Å². The molecule has 0 atom stereocenters. The fourth-order valence-electron chi connectivity index (χ4n) is 3.86. The number of Topliss-reactive ketones (excluding diaryl/α,β-unsaturated/α-hetero) is 2. The van der Waals surface area contributed by atoms with Gasteiger partial charge in [-0.1, -0.05) is 0 Å². The van der Waals surface area contributed by atoms with E-state index in [0.717, 1.165) is 5.56 Å². The molecule has 6 heteroatoms. The molecular weight excluding hydrogens is 407 g/mol. The maximum absolute atomic E-state index is 13.3. The molecule has 0 spiro atoms. The summed E-state index contributed by atoms with van der Waals surface area (Å²) >= 11 is 2.37. The molecule has 0 bridgehead atoms. The Morgan fingerprint density at radius 3 is 2.38 bits per heavy atom. The number of ether oxygens (including phenoxy) is 1. The van der Waals surface area contributed by atoms with Crippen LogP contribution in [0, 0.1) is 6.92 Å². The zero-order valence-electron chi connectivity index (χ0n) is 16.0. The molecule has 0 saturated heterocycles. The van der Waals surface area contributed by atoms with Gasteiger partial charge < -0.3 is 0 Å². The Kier molecular flexibility index (Phi) is 4.53. The van der Waals surface area contributed by atoms with Crippen molar-refractivity contribution in [2.75, 3.05) is 7.11 Å². The van der Waals surface area contributed by atoms with Crippen LogP contribution in [0.2, 0.25) is 0 Å². The number of phenols is 1. The molecule has 0 radical (unpaired) electrons. The van der Waals surface area contributed by atoms with Crippen LogP contribution < -0.4 is 4.74 Å². The average molecular weight is 423 g/mol. The van der Waals surface area contributed by atoms with Crippen LogP contribution in [0.25, 0.3) is 0 Å². The Labute approximate surface area is 176 Å². The second-order valence-electron chi connectivity index (χ2n) is 7.02. The summed E-state index contributed by atoms with van der Waals surface area (Å²) in [4.78, 5) is 39.1. The molecule has 0 heterocycles. The molecule has 0 saturated carbocycles. The second kappa shape index (κ2) is 6.80. The van der Waals surface area contributed by atoms with Gasteiger partial charge in [0.2, 0.25) is 0 Å². The molecule has 2 aromatic rings. The van der Waals surface area contributed by atoms with Gasteiger partial charge in [-0.2, -0.15) is 0 Å². The van der Waals surface area contributed by atoms with Crippen LogP contribution in [0.4, 0.5) is 0 Å². The Morgan fingerprint density at radius 2 is 1.69 bits per heavy atom. The first-order valence-electron chi connectivity index (χ1n) is 8.90. The first-order chi connectivity index (χ1) is 13.8. The van der Waals surface area contributed by atoms with Gasteiger partial charge in [-0.05, 0) is 0 Å². The third-order valence-corrected chi connectivity index (χ3v) is 5.95. The first-order valence-corrected chi connectivity index (χ1v) is 9.60. The van der Waals surface area contributed by atoms with Crippen LogP contribution in [0.15, 0.2) is 53.1 Å². The van der Waals surface area contributed by atoms with E-state index in [2.05, 4.69) is 17.0 Å². The van der Waals surface area contributed by atoms with E-state index in [0.29, 0.717) is 26.7 Å². The molecule has 0 unspecified atom stereocenters. The summed E-state index contributed by atoms with van der Waals surface area (Å²) in [5.41, 5.74) is 2.81. The van der Waals surface area contributed by atoms with Gasteiger partial charge in [0, 0.05) is 0 Å². The number of allylic oxidation sites excluding steroid dienone is 4. The van der Waals surface area contributed by atoms with Gasteiger partial charge in [0.15, 0.2) is 0 Å². The summed E-state index contributed by atoms with van der Waals surface area (Å²) in [6.07, 6.45) is 1.38. The summed E-state index contributed by atoms with van der Waals surface area (Å²) in [6.45, 7) is 3.44. The van der Waals surface area contributed by atoms with Crippen molar-refractivity contribution in [1.82, 2.24) is 0 Å². The van der Waals surface area contributed by atoms with Crippen molar-refractivity contribution in [2.45, 2.75) is 13.8 Å². The van der Waals surface area contributed by atoms with Gasteiger partial charge in [-0.15, -0.1) is 0 Å². The van der Waals surface area contributed by atoms with E-state index in [1.54, 1.807) is 13.0 Å². The number of hydrogen-bond acceptors (Lipinski definition) is 5. The topological polar surface area (TPSA) is 80.7 Å². The number of aromatic hydroxyl groups is 1. The van der Waals surface area contributed by atoms with E-state index < -0.39 is 5.78 Å². The summed E-state index contributed by atoms with van der Waals surface area (Å²) in [7, 11) is 1.52. The summed E-state index contributed by atoms with van der Waals surface area (Å²) < 4.78 is 6.09. The van der Waals surface area contributed by atoms with Crippen molar-refractivity contribution in [2.24, 2.45) is 0 Å². The number of phenolic OH excluding ortho intramolecular Hbond substituents is 1. The fourth-order valence-corrected chi connectivity index (χ4v) is 4.49. The van der Waals surface area contributed by atoms with Crippen LogP contribution in [-0.2, 0) is 17.0 Å². The normalized spacial score (nSPS) is 15.9. The number of hydrogen-bond donors (Lipinski definition) is 1. The molecule has 0 amide bonds. The van der Waals surface area contributed by atoms with Crippen molar-refractivity contribution in [1.29, 1.82) is 0 Å². The molecule has 143 valence electrons. The van der Waals surface area contributed by atoms with Crippen molar-refractivity contribution >= 4 is 21.6 Å². The molecule has 0 fully saturated rings. The molecule has 4 rings (SSSR count). The van der Waals surface area contributed by atoms with Gasteiger partial charge in [-0.25, -0.2) is 0 Å². The number of ketones is 3. The van der Waals surface area contributed by atoms with Gasteiger partial charge in [0.05, 0.1) is 0 Å². The molecular formula is C23H16O5V. The number of fused-ring (bicyclic) bond motifs is 2. The van der Waals surface area contributed by atoms with Crippen LogP contribution in [0.5, 0.6) is 11.5 Å². The molecule has 29 heavy (non-hydrogen) atoms. The zero-order valence-corrected chi connectivity index (χ0v) is 17.4. The monoisotopic (exact) mass is 423 g/mol. The Bertz CT molecular complexity index is 1230. The quantitative estimate of drug-likeness (QED) is 0.802. The molecule has 5 nitrogen and oxygen atoms in total. The minimum absolute atomic E-state index is 0.0339. The second-order valence-corrected chi connectivity index (χ2v) is 7.72. The van der Waals surface area contributed by atoms with E-state index in [9.17, 15) is 19.5 Å². The minimum atomic E-state index is -0.479.